The van der Waals surface area contributed by atoms with Crippen molar-refractivity contribution in [1.82, 2.24) is 0 Å². The van der Waals surface area contributed by atoms with E-state index in [1.165, 1.54) is 0 Å². The van der Waals surface area contributed by atoms with Crippen molar-refractivity contribution < 1.29 is 1.43 Å². The third-order valence-electron chi connectivity index (χ3n) is 0.667. The molecular weight excluding hydrogens is 72.1 g/mol. The largest absolute Gasteiger partial charge is 0.0623 e. The lowest BCUT2D eigenvalue weighted by atomic mass is 10.4. The lowest BCUT2D eigenvalue weighted by Gasteiger charge is -1.69. The average Bonchev–Trinajstić information content (AvgIpc) is 1.72. The van der Waals surface area contributed by atoms with Gasteiger partial charge in [-0.1, -0.05) is 36.4 Å². The van der Waals surface area contributed by atoms with Gasteiger partial charge in [0, 0.05) is 1.43 Å². The van der Waals surface area contributed by atoms with E-state index in [1.807, 2.05) is 36.4 Å². The summed E-state index contributed by atoms with van der Waals surface area (Å²) in [5.41, 5.74) is 0. The first kappa shape index (κ1) is 3.41. The molecule has 0 fully saturated rings. The van der Waals surface area contributed by atoms with Gasteiger partial charge in [-0.05, 0) is 0 Å². The maximum Gasteiger partial charge on any atom is 0 e. The van der Waals surface area contributed by atoms with Crippen LogP contribution in [0.3, 0.4) is 0 Å². The third kappa shape index (κ3) is 0.582. The molecule has 0 heteroatoms. The second-order valence-electron chi connectivity index (χ2n) is 1.15. The van der Waals surface area contributed by atoms with E-state index in [1.54, 1.807) is 0 Å². The Hall–Kier alpha value is -0.780. The molecule has 0 aliphatic rings. The highest BCUT2D eigenvalue weighted by molar-refractivity contribution is 4.99. The number of rotatable bonds is 0. The van der Waals surface area contributed by atoms with Crippen LogP contribution < -0.4 is 0 Å². The van der Waals surface area contributed by atoms with Crippen LogP contribution in [0.2, 0.25) is 0 Å². The molecule has 1 aromatic rings. The molecular formula is C6H8. The first-order valence-electron chi connectivity index (χ1n) is 2.00. The Bertz CT molecular complexity index is 76.1. The molecule has 0 spiro atoms. The van der Waals surface area contributed by atoms with Crippen molar-refractivity contribution in [3.8, 4) is 0 Å². The highest BCUT2D eigenvalue weighted by atomic mass is 13.6. The quantitative estimate of drug-likeness (QED) is 0.447. The molecule has 0 unspecified atom stereocenters. The zero-order chi connectivity index (χ0) is 4.24. The van der Waals surface area contributed by atoms with E-state index in [2.05, 4.69) is 0 Å². The van der Waals surface area contributed by atoms with E-state index in [0.29, 0.717) is 0 Å². The fraction of sp³-hybridized carbons (Fsp3) is 0. The van der Waals surface area contributed by atoms with Crippen LogP contribution in [-0.2, 0) is 0 Å². The molecule has 0 N–H and O–H groups in total. The van der Waals surface area contributed by atoms with E-state index >= 15 is 0 Å². The second kappa shape index (κ2) is 1.61. The summed E-state index contributed by atoms with van der Waals surface area (Å²) < 4.78 is 0. The highest BCUT2D eigenvalue weighted by Gasteiger charge is 1.57. The first-order chi connectivity index (χ1) is 3.00. The van der Waals surface area contributed by atoms with Gasteiger partial charge in [-0.3, -0.25) is 0 Å². The summed E-state index contributed by atoms with van der Waals surface area (Å²) in [5, 5.41) is 0. The van der Waals surface area contributed by atoms with Crippen molar-refractivity contribution in [3.63, 3.8) is 0 Å². The van der Waals surface area contributed by atoms with Crippen LogP contribution in [0, 0.1) is 0 Å². The lowest BCUT2D eigenvalue weighted by Crippen LogP contribution is -1.47. The Morgan fingerprint density at radius 1 is 0.500 bits per heavy atom. The minimum absolute atomic E-state index is 0. The molecule has 1 rings (SSSR count). The molecule has 0 nitrogen and oxygen atoms in total. The zero-order valence-corrected chi connectivity index (χ0v) is 3.46. The molecule has 0 aliphatic heterocycles. The van der Waals surface area contributed by atoms with Gasteiger partial charge in [-0.2, -0.15) is 0 Å². The maximum absolute atomic E-state index is 2.00. The SMILES string of the molecule is [2HH].c1ccccc1. The fourth-order valence-corrected chi connectivity index (χ4v) is 0.385. The van der Waals surface area contributed by atoms with Crippen LogP contribution >= 0.6 is 0 Å². The van der Waals surface area contributed by atoms with Crippen LogP contribution in [0.5, 0.6) is 0 Å². The molecule has 0 radical (unpaired) electrons. The molecule has 0 aliphatic carbocycles. The van der Waals surface area contributed by atoms with Gasteiger partial charge in [-0.15, -0.1) is 0 Å². The molecule has 0 atom stereocenters. The molecule has 0 saturated heterocycles. The molecule has 0 saturated carbocycles. The lowest BCUT2D eigenvalue weighted by molar-refractivity contribution is 1.72. The Kier molecular flexibility index (Phi) is 0.913. The second-order valence-corrected chi connectivity index (χ2v) is 1.15. The third-order valence-corrected chi connectivity index (χ3v) is 0.667. The van der Waals surface area contributed by atoms with Crippen molar-refractivity contribution in [1.29, 1.82) is 0 Å². The van der Waals surface area contributed by atoms with Crippen molar-refractivity contribution >= 4 is 0 Å². The molecule has 6 heavy (non-hydrogen) atoms. The van der Waals surface area contributed by atoms with Crippen molar-refractivity contribution in [3.05, 3.63) is 36.4 Å². The first-order valence-corrected chi connectivity index (χ1v) is 2.00. The highest BCUT2D eigenvalue weighted by Crippen LogP contribution is 1.79. The number of hydrogen-bond donors (Lipinski definition) is 0. The standard InChI is InChI=1S/C6H6.H2/c1-2-4-6-5-3-1;/h1-6H;1H/i;1+1. The summed E-state index contributed by atoms with van der Waals surface area (Å²) in [6.45, 7) is 0. The molecule has 0 heterocycles. The van der Waals surface area contributed by atoms with E-state index in [-0.39, 0.29) is 1.43 Å². The maximum atomic E-state index is 2.00. The minimum atomic E-state index is 0. The van der Waals surface area contributed by atoms with Gasteiger partial charge < -0.3 is 0 Å². The number of hydrogen-bond acceptors (Lipinski definition) is 0. The Morgan fingerprint density at radius 3 is 0.833 bits per heavy atom. The molecule has 0 bridgehead atoms. The van der Waals surface area contributed by atoms with E-state index < -0.39 is 0 Å². The van der Waals surface area contributed by atoms with Gasteiger partial charge in [0.2, 0.25) is 0 Å². The number of benzene rings is 1. The smallest absolute Gasteiger partial charge is 0 e. The van der Waals surface area contributed by atoms with Gasteiger partial charge in [0.05, 0.1) is 0 Å². The summed E-state index contributed by atoms with van der Waals surface area (Å²) >= 11 is 0. The Labute approximate surface area is 38.9 Å². The van der Waals surface area contributed by atoms with Gasteiger partial charge in [0.15, 0.2) is 0 Å². The van der Waals surface area contributed by atoms with Crippen LogP contribution in [-0.4, -0.2) is 0 Å². The monoisotopic (exact) mass is 81.1 g/mol. The topological polar surface area (TPSA) is 0 Å². The van der Waals surface area contributed by atoms with E-state index in [9.17, 15) is 0 Å². The van der Waals surface area contributed by atoms with Crippen LogP contribution in [0.4, 0.5) is 0 Å². The molecule has 1 aromatic carbocycles. The predicted octanol–water partition coefficient (Wildman–Crippen LogP) is 1.93. The van der Waals surface area contributed by atoms with Crippen LogP contribution in [0.25, 0.3) is 0 Å². The van der Waals surface area contributed by atoms with E-state index in [0.717, 1.165) is 0 Å². The van der Waals surface area contributed by atoms with E-state index in [4.69, 9.17) is 0 Å². The fourth-order valence-electron chi connectivity index (χ4n) is 0.385. The average molecular weight is 81.1 g/mol. The van der Waals surface area contributed by atoms with Crippen LogP contribution in [0.1, 0.15) is 1.43 Å². The van der Waals surface area contributed by atoms with Crippen LogP contribution in [0.15, 0.2) is 36.4 Å². The van der Waals surface area contributed by atoms with Gasteiger partial charge in [0.1, 0.15) is 0 Å². The Balaban J connectivity index is 0.000000360. The predicted molar refractivity (Wildman–Crippen MR) is 28.6 cm³/mol. The summed E-state index contributed by atoms with van der Waals surface area (Å²) in [5.74, 6) is 0. The molecule has 32 valence electrons. The summed E-state index contributed by atoms with van der Waals surface area (Å²) in [7, 11) is 0. The Morgan fingerprint density at radius 2 is 0.667 bits per heavy atom. The van der Waals surface area contributed by atoms with Gasteiger partial charge in [-0.25, -0.2) is 0 Å². The van der Waals surface area contributed by atoms with Crippen molar-refractivity contribution in [2.24, 2.45) is 0 Å². The molecule has 0 amide bonds. The summed E-state index contributed by atoms with van der Waals surface area (Å²) in [4.78, 5) is 0. The van der Waals surface area contributed by atoms with Gasteiger partial charge in [0.25, 0.3) is 0 Å². The van der Waals surface area contributed by atoms with Crippen molar-refractivity contribution in [2.45, 2.75) is 0 Å². The zero-order valence-electron chi connectivity index (χ0n) is 3.46. The van der Waals surface area contributed by atoms with Gasteiger partial charge >= 0.3 is 0 Å². The molecule has 0 aromatic heterocycles. The summed E-state index contributed by atoms with van der Waals surface area (Å²) in [6.07, 6.45) is 0. The normalized spacial score (nSPS) is 8.00. The van der Waals surface area contributed by atoms with Crippen molar-refractivity contribution in [2.75, 3.05) is 0 Å². The summed E-state index contributed by atoms with van der Waals surface area (Å²) in [6, 6.07) is 12.0. The minimum Gasteiger partial charge on any atom is -0.0623 e.